The summed E-state index contributed by atoms with van der Waals surface area (Å²) < 4.78 is 0.250. The van der Waals surface area contributed by atoms with Gasteiger partial charge >= 0.3 is 68.2 Å². The molecule has 0 spiro atoms. The molecule has 1 rings (SSSR count). The summed E-state index contributed by atoms with van der Waals surface area (Å²) in [6.45, 7) is 2.15. The van der Waals surface area contributed by atoms with Gasteiger partial charge < -0.3 is 0 Å². The predicted octanol–water partition coefficient (Wildman–Crippen LogP) is 1.84. The molecule has 0 aliphatic heterocycles. The quantitative estimate of drug-likeness (QED) is 0.612. The van der Waals surface area contributed by atoms with Crippen LogP contribution >= 0.6 is 0 Å². The van der Waals surface area contributed by atoms with Gasteiger partial charge in [0.15, 0.2) is 0 Å². The standard InChI is InChI=1S/C6H7.Er/c1-6-4-2-3-5-6;/h2-5H,1H3;. The maximum atomic E-state index is 2.76. The third kappa shape index (κ3) is 1.59. The van der Waals surface area contributed by atoms with E-state index in [4.69, 9.17) is 0 Å². The number of rotatable bonds is 0. The Hall–Kier alpha value is 0.727. The third-order valence-corrected chi connectivity index (χ3v) is 1.54. The second kappa shape index (κ2) is 1.92. The maximum absolute atomic E-state index is 2.76. The Balaban J connectivity index is 2.77. The van der Waals surface area contributed by atoms with E-state index in [9.17, 15) is 0 Å². The van der Waals surface area contributed by atoms with Crippen LogP contribution in [0.2, 0.25) is 1.57 Å². The van der Waals surface area contributed by atoms with Gasteiger partial charge in [-0.05, 0) is 0 Å². The molecule has 0 bridgehead atoms. The van der Waals surface area contributed by atoms with E-state index in [1.807, 2.05) is 0 Å². The molecule has 0 N–H and O–H groups in total. The van der Waals surface area contributed by atoms with Crippen LogP contribution in [0.5, 0.6) is 0 Å². The second-order valence-corrected chi connectivity index (χ2v) is 3.77. The summed E-state index contributed by atoms with van der Waals surface area (Å²) >= 11 is 2.76. The van der Waals surface area contributed by atoms with Crippen molar-refractivity contribution in [1.82, 2.24) is 0 Å². The Kier molecular flexibility index (Phi) is 1.60. The van der Waals surface area contributed by atoms with Crippen molar-refractivity contribution < 1.29 is 35.4 Å². The topological polar surface area (TPSA) is 0 Å². The van der Waals surface area contributed by atoms with Gasteiger partial charge in [0, 0.05) is 0 Å². The SMILES string of the molecule is C[C]1([Er])C=CC=C1. The summed E-state index contributed by atoms with van der Waals surface area (Å²) in [7, 11) is 0. The van der Waals surface area contributed by atoms with Crippen LogP contribution in [0.15, 0.2) is 24.3 Å². The summed E-state index contributed by atoms with van der Waals surface area (Å²) in [4.78, 5) is 0. The van der Waals surface area contributed by atoms with Crippen molar-refractivity contribution >= 4 is 0 Å². The van der Waals surface area contributed by atoms with E-state index in [1.165, 1.54) is 0 Å². The summed E-state index contributed by atoms with van der Waals surface area (Å²) in [6, 6.07) is 0. The minimum absolute atomic E-state index is 0.250. The van der Waals surface area contributed by atoms with Crippen molar-refractivity contribution in [2.75, 3.05) is 0 Å². The first-order valence-electron chi connectivity index (χ1n) is 2.22. The average Bonchev–Trinajstić information content (AvgIpc) is 1.84. The molecule has 1 aliphatic rings. The number of hydrogen-bond donors (Lipinski definition) is 0. The molecule has 43 valence electrons. The van der Waals surface area contributed by atoms with Gasteiger partial charge in [-0.2, -0.15) is 0 Å². The molecular formula is C6H7Er. The monoisotopic (exact) mass is 245 g/mol. The molecular weight excluding hydrogens is 239 g/mol. The normalized spacial score (nSPS) is 23.9. The molecule has 0 radical (unpaired) electrons. The minimum atomic E-state index is 0.250. The third-order valence-electron chi connectivity index (χ3n) is 0.926. The van der Waals surface area contributed by atoms with E-state index < -0.39 is 0 Å². The molecule has 7 heavy (non-hydrogen) atoms. The molecule has 0 aromatic carbocycles. The summed E-state index contributed by atoms with van der Waals surface area (Å²) in [6.07, 6.45) is 8.43. The summed E-state index contributed by atoms with van der Waals surface area (Å²) in [5.74, 6) is 0. The first-order valence-corrected chi connectivity index (χ1v) is 3.15. The average molecular weight is 246 g/mol. The zero-order chi connectivity index (χ0) is 5.33. The number of allylic oxidation sites excluding steroid dienone is 4. The van der Waals surface area contributed by atoms with E-state index >= 15 is 0 Å². The van der Waals surface area contributed by atoms with E-state index in [-0.39, 0.29) is 1.57 Å². The Morgan fingerprint density at radius 3 is 1.86 bits per heavy atom. The molecule has 0 heterocycles. The van der Waals surface area contributed by atoms with Gasteiger partial charge in [-0.15, -0.1) is 0 Å². The number of hydrogen-bond acceptors (Lipinski definition) is 0. The fourth-order valence-electron chi connectivity index (χ4n) is 0.526. The fraction of sp³-hybridized carbons (Fsp3) is 0.333. The fourth-order valence-corrected chi connectivity index (χ4v) is 0.882. The van der Waals surface area contributed by atoms with Crippen LogP contribution in [0.3, 0.4) is 0 Å². The molecule has 0 aromatic heterocycles. The van der Waals surface area contributed by atoms with E-state index in [2.05, 4.69) is 66.6 Å². The Morgan fingerprint density at radius 1 is 1.29 bits per heavy atom. The van der Waals surface area contributed by atoms with Crippen molar-refractivity contribution in [3.63, 3.8) is 0 Å². The molecule has 0 amide bonds. The Bertz CT molecular complexity index is 106. The Labute approximate surface area is 67.6 Å². The van der Waals surface area contributed by atoms with Crippen LogP contribution in [0.1, 0.15) is 6.92 Å². The molecule has 0 fully saturated rings. The van der Waals surface area contributed by atoms with Gasteiger partial charge in [0.05, 0.1) is 0 Å². The van der Waals surface area contributed by atoms with Gasteiger partial charge in [-0.3, -0.25) is 0 Å². The van der Waals surface area contributed by atoms with Crippen LogP contribution in [0.25, 0.3) is 0 Å². The molecule has 0 unspecified atom stereocenters. The van der Waals surface area contributed by atoms with Gasteiger partial charge in [-0.1, -0.05) is 0 Å². The van der Waals surface area contributed by atoms with E-state index in [0.29, 0.717) is 0 Å². The molecule has 0 atom stereocenters. The van der Waals surface area contributed by atoms with Gasteiger partial charge in [0.1, 0.15) is 0 Å². The van der Waals surface area contributed by atoms with Crippen molar-refractivity contribution in [3.05, 3.63) is 24.3 Å². The summed E-state index contributed by atoms with van der Waals surface area (Å²) in [5, 5.41) is 0. The molecule has 0 saturated carbocycles. The van der Waals surface area contributed by atoms with Crippen molar-refractivity contribution in [3.8, 4) is 0 Å². The molecule has 0 saturated heterocycles. The summed E-state index contributed by atoms with van der Waals surface area (Å²) in [5.41, 5.74) is 0. The molecule has 0 nitrogen and oxygen atoms in total. The molecule has 1 heteroatoms. The van der Waals surface area contributed by atoms with Crippen LogP contribution in [-0.4, -0.2) is 0 Å². The van der Waals surface area contributed by atoms with Crippen LogP contribution in [0.4, 0.5) is 0 Å². The predicted molar refractivity (Wildman–Crippen MR) is 26.6 cm³/mol. The first-order chi connectivity index (χ1) is 3.21. The van der Waals surface area contributed by atoms with Crippen LogP contribution in [0, 0.1) is 35.4 Å². The van der Waals surface area contributed by atoms with Crippen molar-refractivity contribution in [1.29, 1.82) is 0 Å². The molecule has 1 aliphatic carbocycles. The van der Waals surface area contributed by atoms with E-state index in [1.54, 1.807) is 0 Å². The van der Waals surface area contributed by atoms with Gasteiger partial charge in [0.25, 0.3) is 0 Å². The first kappa shape index (κ1) is 5.86. The van der Waals surface area contributed by atoms with Crippen LogP contribution < -0.4 is 0 Å². The molecule has 0 aromatic rings. The van der Waals surface area contributed by atoms with E-state index in [0.717, 1.165) is 0 Å². The van der Waals surface area contributed by atoms with Crippen LogP contribution in [-0.2, 0) is 0 Å². The van der Waals surface area contributed by atoms with Gasteiger partial charge in [-0.25, -0.2) is 0 Å². The second-order valence-electron chi connectivity index (χ2n) is 1.77. The van der Waals surface area contributed by atoms with Crippen molar-refractivity contribution in [2.24, 2.45) is 0 Å². The van der Waals surface area contributed by atoms with Crippen molar-refractivity contribution in [2.45, 2.75) is 8.50 Å². The zero-order valence-electron chi connectivity index (χ0n) is 4.10. The van der Waals surface area contributed by atoms with Gasteiger partial charge in [0.2, 0.25) is 0 Å². The zero-order valence-corrected chi connectivity index (χ0v) is 5.95. The Morgan fingerprint density at radius 2 is 1.71 bits per heavy atom.